The fourth-order valence-corrected chi connectivity index (χ4v) is 3.73. The Hall–Kier alpha value is -1.82. The van der Waals surface area contributed by atoms with Crippen molar-refractivity contribution >= 4 is 29.1 Å². The third-order valence-electron chi connectivity index (χ3n) is 4.74. The predicted molar refractivity (Wildman–Crippen MR) is 107 cm³/mol. The SMILES string of the molecule is COc1ccc(CCC(=O)N2CCN(Cc3cc(Cl)nc(Cl)c3)CC2)cc1. The van der Waals surface area contributed by atoms with E-state index in [1.54, 1.807) is 7.11 Å². The maximum Gasteiger partial charge on any atom is 0.222 e. The van der Waals surface area contributed by atoms with Crippen LogP contribution < -0.4 is 4.74 Å². The van der Waals surface area contributed by atoms with Crippen LogP contribution in [0.25, 0.3) is 0 Å². The summed E-state index contributed by atoms with van der Waals surface area (Å²) in [7, 11) is 1.65. The van der Waals surface area contributed by atoms with Gasteiger partial charge in [-0.25, -0.2) is 4.98 Å². The molecule has 1 amide bonds. The lowest BCUT2D eigenvalue weighted by Gasteiger charge is -2.34. The van der Waals surface area contributed by atoms with E-state index in [4.69, 9.17) is 27.9 Å². The molecule has 1 saturated heterocycles. The number of aryl methyl sites for hydroxylation is 1. The van der Waals surface area contributed by atoms with Crippen LogP contribution in [0.1, 0.15) is 17.5 Å². The van der Waals surface area contributed by atoms with Gasteiger partial charge in [0.15, 0.2) is 0 Å². The Kier molecular flexibility index (Phi) is 6.94. The van der Waals surface area contributed by atoms with Crippen LogP contribution in [0.4, 0.5) is 0 Å². The molecule has 0 saturated carbocycles. The number of hydrogen-bond acceptors (Lipinski definition) is 4. The van der Waals surface area contributed by atoms with Crippen LogP contribution in [0, 0.1) is 0 Å². The van der Waals surface area contributed by atoms with E-state index in [0.29, 0.717) is 16.7 Å². The van der Waals surface area contributed by atoms with Crippen molar-refractivity contribution in [1.29, 1.82) is 0 Å². The van der Waals surface area contributed by atoms with E-state index in [9.17, 15) is 4.79 Å². The molecule has 27 heavy (non-hydrogen) atoms. The molecule has 2 aromatic rings. The number of carbonyl (C=O) groups excluding carboxylic acids is 1. The molecule has 3 rings (SSSR count). The first kappa shape index (κ1) is 19.9. The van der Waals surface area contributed by atoms with Gasteiger partial charge in [-0.1, -0.05) is 35.3 Å². The van der Waals surface area contributed by atoms with E-state index in [2.05, 4.69) is 9.88 Å². The van der Waals surface area contributed by atoms with Crippen LogP contribution >= 0.6 is 23.2 Å². The van der Waals surface area contributed by atoms with Crippen molar-refractivity contribution in [2.75, 3.05) is 33.3 Å². The highest BCUT2D eigenvalue weighted by atomic mass is 35.5. The van der Waals surface area contributed by atoms with Crippen molar-refractivity contribution in [1.82, 2.24) is 14.8 Å². The van der Waals surface area contributed by atoms with Gasteiger partial charge in [0.1, 0.15) is 16.1 Å². The Balaban J connectivity index is 1.44. The summed E-state index contributed by atoms with van der Waals surface area (Å²) in [5, 5.41) is 0.815. The molecule has 144 valence electrons. The second-order valence-corrected chi connectivity index (χ2v) is 7.40. The molecule has 7 heteroatoms. The average Bonchev–Trinajstić information content (AvgIpc) is 2.66. The average molecular weight is 408 g/mol. The fraction of sp³-hybridized carbons (Fsp3) is 0.400. The highest BCUT2D eigenvalue weighted by Crippen LogP contribution is 2.18. The lowest BCUT2D eigenvalue weighted by Crippen LogP contribution is -2.48. The quantitative estimate of drug-likeness (QED) is 0.685. The Morgan fingerprint density at radius 2 is 1.67 bits per heavy atom. The molecule has 0 spiro atoms. The first-order valence-corrected chi connectivity index (χ1v) is 9.74. The minimum absolute atomic E-state index is 0.209. The number of aromatic nitrogens is 1. The van der Waals surface area contributed by atoms with Crippen molar-refractivity contribution in [3.05, 3.63) is 57.8 Å². The van der Waals surface area contributed by atoms with Crippen LogP contribution in [0.5, 0.6) is 5.75 Å². The van der Waals surface area contributed by atoms with Gasteiger partial charge in [0.05, 0.1) is 7.11 Å². The molecule has 0 N–H and O–H groups in total. The highest BCUT2D eigenvalue weighted by molar-refractivity contribution is 6.32. The third kappa shape index (κ3) is 5.83. The maximum absolute atomic E-state index is 12.5. The van der Waals surface area contributed by atoms with Gasteiger partial charge in [-0.2, -0.15) is 0 Å². The number of halogens is 2. The number of nitrogens with zero attached hydrogens (tertiary/aromatic N) is 3. The van der Waals surface area contributed by atoms with E-state index in [1.807, 2.05) is 41.3 Å². The minimum Gasteiger partial charge on any atom is -0.497 e. The van der Waals surface area contributed by atoms with Gasteiger partial charge < -0.3 is 9.64 Å². The molecule has 1 fully saturated rings. The van der Waals surface area contributed by atoms with Crippen molar-refractivity contribution in [3.8, 4) is 5.75 Å². The number of piperazine rings is 1. The Bertz CT molecular complexity index is 755. The van der Waals surface area contributed by atoms with Crippen molar-refractivity contribution in [3.63, 3.8) is 0 Å². The van der Waals surface area contributed by atoms with E-state index in [0.717, 1.165) is 56.0 Å². The van der Waals surface area contributed by atoms with Gasteiger partial charge in [0, 0.05) is 39.1 Å². The fourth-order valence-electron chi connectivity index (χ4n) is 3.22. The van der Waals surface area contributed by atoms with Gasteiger partial charge >= 0.3 is 0 Å². The maximum atomic E-state index is 12.5. The zero-order valence-electron chi connectivity index (χ0n) is 15.3. The standard InChI is InChI=1S/C20H23Cl2N3O2/c1-27-17-5-2-15(3-6-17)4-7-20(26)25-10-8-24(9-11-25)14-16-12-18(21)23-19(22)13-16/h2-3,5-6,12-13H,4,7-11,14H2,1H3. The van der Waals surface area contributed by atoms with Crippen molar-refractivity contribution in [2.24, 2.45) is 0 Å². The molecule has 1 aromatic carbocycles. The number of carbonyl (C=O) groups is 1. The molecule has 2 heterocycles. The molecule has 0 unspecified atom stereocenters. The second-order valence-electron chi connectivity index (χ2n) is 6.63. The summed E-state index contributed by atoms with van der Waals surface area (Å²) < 4.78 is 5.16. The monoisotopic (exact) mass is 407 g/mol. The van der Waals surface area contributed by atoms with E-state index >= 15 is 0 Å². The van der Waals surface area contributed by atoms with Gasteiger partial charge in [-0.15, -0.1) is 0 Å². The molecule has 0 atom stereocenters. The van der Waals surface area contributed by atoms with E-state index in [-0.39, 0.29) is 5.91 Å². The van der Waals surface area contributed by atoms with Gasteiger partial charge in [-0.05, 0) is 41.8 Å². The molecule has 0 aliphatic carbocycles. The molecule has 5 nitrogen and oxygen atoms in total. The summed E-state index contributed by atoms with van der Waals surface area (Å²) in [4.78, 5) is 20.7. The second kappa shape index (κ2) is 9.40. The van der Waals surface area contributed by atoms with Crippen LogP contribution in [0.2, 0.25) is 10.3 Å². The summed E-state index contributed by atoms with van der Waals surface area (Å²) in [6.45, 7) is 3.93. The van der Waals surface area contributed by atoms with Crippen molar-refractivity contribution < 1.29 is 9.53 Å². The Morgan fingerprint density at radius 1 is 1.04 bits per heavy atom. The van der Waals surface area contributed by atoms with Crippen molar-refractivity contribution in [2.45, 2.75) is 19.4 Å². The van der Waals surface area contributed by atoms with Crippen LogP contribution in [0.3, 0.4) is 0 Å². The Labute approximate surface area is 169 Å². The summed E-state index contributed by atoms with van der Waals surface area (Å²) in [6.07, 6.45) is 1.28. The number of amides is 1. The first-order valence-electron chi connectivity index (χ1n) is 8.98. The van der Waals surface area contributed by atoms with Crippen LogP contribution in [0.15, 0.2) is 36.4 Å². The topological polar surface area (TPSA) is 45.7 Å². The van der Waals surface area contributed by atoms with Gasteiger partial charge in [0.2, 0.25) is 5.91 Å². The molecular formula is C20H23Cl2N3O2. The summed E-state index contributed by atoms with van der Waals surface area (Å²) in [5.74, 6) is 1.04. The molecule has 1 aliphatic rings. The molecule has 1 aromatic heterocycles. The number of methoxy groups -OCH3 is 1. The number of pyridine rings is 1. The van der Waals surface area contributed by atoms with Crippen LogP contribution in [-0.4, -0.2) is 54.0 Å². The normalized spacial score (nSPS) is 15.0. The number of rotatable bonds is 6. The van der Waals surface area contributed by atoms with Crippen LogP contribution in [-0.2, 0) is 17.8 Å². The number of benzene rings is 1. The lowest BCUT2D eigenvalue weighted by molar-refractivity contribution is -0.133. The van der Waals surface area contributed by atoms with Gasteiger partial charge in [-0.3, -0.25) is 9.69 Å². The largest absolute Gasteiger partial charge is 0.497 e. The first-order chi connectivity index (χ1) is 13.0. The smallest absolute Gasteiger partial charge is 0.222 e. The Morgan fingerprint density at radius 3 is 2.26 bits per heavy atom. The molecule has 0 bridgehead atoms. The van der Waals surface area contributed by atoms with E-state index in [1.165, 1.54) is 0 Å². The number of hydrogen-bond donors (Lipinski definition) is 0. The lowest BCUT2D eigenvalue weighted by atomic mass is 10.1. The number of ether oxygens (including phenoxy) is 1. The molecule has 0 radical (unpaired) electrons. The molecule has 1 aliphatic heterocycles. The minimum atomic E-state index is 0.209. The molecular weight excluding hydrogens is 385 g/mol. The van der Waals surface area contributed by atoms with E-state index < -0.39 is 0 Å². The highest BCUT2D eigenvalue weighted by Gasteiger charge is 2.21. The van der Waals surface area contributed by atoms with Gasteiger partial charge in [0.25, 0.3) is 0 Å². The summed E-state index contributed by atoms with van der Waals surface area (Å²) >= 11 is 11.9. The summed E-state index contributed by atoms with van der Waals surface area (Å²) in [5.41, 5.74) is 2.19. The zero-order valence-corrected chi connectivity index (χ0v) is 16.8. The predicted octanol–water partition coefficient (Wildman–Crippen LogP) is 3.67. The summed E-state index contributed by atoms with van der Waals surface area (Å²) in [6, 6.07) is 11.5. The third-order valence-corrected chi connectivity index (χ3v) is 5.13. The zero-order chi connectivity index (χ0) is 19.2.